The molecule has 25 nitrogen and oxygen atoms in total. The van der Waals surface area contributed by atoms with E-state index in [9.17, 15) is 61.3 Å². The van der Waals surface area contributed by atoms with Crippen LogP contribution in [-0.2, 0) is 28.4 Å². The number of hydrogen-bond acceptors (Lipinski definition) is 26. The molecule has 0 aliphatic carbocycles. The Balaban J connectivity index is 0.817. The molecular formula is C74H84N4O21S3. The Labute approximate surface area is 600 Å². The molecule has 14 N–H and O–H groups in total. The lowest BCUT2D eigenvalue weighted by Gasteiger charge is -2.39. The summed E-state index contributed by atoms with van der Waals surface area (Å²) in [5.74, 6) is 3.06. The highest BCUT2D eigenvalue weighted by molar-refractivity contribution is 8.00. The first kappa shape index (κ1) is 74.9. The van der Waals surface area contributed by atoms with Crippen molar-refractivity contribution in [2.24, 2.45) is 0 Å². The van der Waals surface area contributed by atoms with Crippen molar-refractivity contribution in [2.45, 2.75) is 89.6 Å². The van der Waals surface area contributed by atoms with Gasteiger partial charge in [0.15, 0.2) is 0 Å². The number of aliphatic hydroxyl groups excluding tert-OH is 12. The number of thioether (sulfide) groups is 3. The average molecular weight is 1460 g/mol. The van der Waals surface area contributed by atoms with E-state index in [4.69, 9.17) is 52.6 Å². The minimum absolute atomic E-state index is 0.231. The lowest BCUT2D eigenvalue weighted by molar-refractivity contribution is -0.205. The van der Waals surface area contributed by atoms with Gasteiger partial charge in [-0.3, -0.25) is 0 Å². The van der Waals surface area contributed by atoms with E-state index < -0.39 is 109 Å². The molecule has 3 saturated heterocycles. The van der Waals surface area contributed by atoms with Crippen molar-refractivity contribution >= 4 is 81.7 Å². The van der Waals surface area contributed by atoms with Crippen molar-refractivity contribution in [1.82, 2.24) is 19.9 Å². The van der Waals surface area contributed by atoms with E-state index >= 15 is 0 Å². The molecule has 102 heavy (non-hydrogen) atoms. The van der Waals surface area contributed by atoms with Gasteiger partial charge in [0.2, 0.25) is 0 Å². The predicted molar refractivity (Wildman–Crippen MR) is 388 cm³/mol. The van der Waals surface area contributed by atoms with E-state index in [0.717, 1.165) is 72.3 Å². The van der Waals surface area contributed by atoms with Crippen LogP contribution < -0.4 is 14.2 Å². The molecule has 3 fully saturated rings. The first-order valence-electron chi connectivity index (χ1n) is 33.6. The third-order valence-corrected chi connectivity index (χ3v) is 21.2. The number of rotatable bonds is 31. The lowest BCUT2D eigenvalue weighted by Crippen LogP contribution is -2.57. The summed E-state index contributed by atoms with van der Waals surface area (Å²) in [4.78, 5) is 18.5. The Hall–Kier alpha value is -6.79. The van der Waals surface area contributed by atoms with Crippen LogP contribution in [0.5, 0.6) is 17.2 Å². The van der Waals surface area contributed by atoms with Crippen molar-refractivity contribution in [3.63, 3.8) is 0 Å². The second-order valence-corrected chi connectivity index (χ2v) is 28.1. The first-order chi connectivity index (χ1) is 49.7. The van der Waals surface area contributed by atoms with Gasteiger partial charge in [0.05, 0.1) is 82.2 Å². The molecule has 3 aromatic heterocycles. The van der Waals surface area contributed by atoms with E-state index in [-0.39, 0.29) is 46.2 Å². The molecule has 8 bridgehead atoms. The van der Waals surface area contributed by atoms with E-state index in [1.807, 2.05) is 127 Å². The molecule has 4 aromatic carbocycles. The number of H-pyrrole nitrogens is 2. The van der Waals surface area contributed by atoms with Gasteiger partial charge < -0.3 is 114 Å². The molecule has 15 atom stereocenters. The summed E-state index contributed by atoms with van der Waals surface area (Å²) in [6.45, 7) is 0.858. The monoisotopic (exact) mass is 1460 g/mol. The number of nitrogens with zero attached hydrogens (tertiary/aromatic N) is 2. The summed E-state index contributed by atoms with van der Waals surface area (Å²) >= 11 is 3.64. The second-order valence-electron chi connectivity index (χ2n) is 24.5. The predicted octanol–water partition coefficient (Wildman–Crippen LogP) is 5.11. The van der Waals surface area contributed by atoms with Gasteiger partial charge >= 0.3 is 0 Å². The zero-order valence-corrected chi connectivity index (χ0v) is 57.8. The van der Waals surface area contributed by atoms with Crippen LogP contribution in [0.4, 0.5) is 0 Å². The highest BCUT2D eigenvalue weighted by atomic mass is 32.2. The van der Waals surface area contributed by atoms with Gasteiger partial charge in [0.25, 0.3) is 0 Å². The molecule has 5 aliphatic rings. The van der Waals surface area contributed by atoms with Gasteiger partial charge in [0, 0.05) is 61.6 Å². The van der Waals surface area contributed by atoms with Crippen molar-refractivity contribution < 1.29 is 104 Å². The van der Waals surface area contributed by atoms with Crippen LogP contribution in [0.2, 0.25) is 0 Å². The molecule has 7 aromatic rings. The molecule has 0 spiro atoms. The molecule has 8 heterocycles. The Morgan fingerprint density at radius 1 is 0.314 bits per heavy atom. The van der Waals surface area contributed by atoms with Crippen molar-refractivity contribution in [1.29, 1.82) is 0 Å². The van der Waals surface area contributed by atoms with E-state index in [1.165, 1.54) is 35.3 Å². The van der Waals surface area contributed by atoms with Crippen LogP contribution >= 0.6 is 35.3 Å². The van der Waals surface area contributed by atoms with Crippen LogP contribution in [0.15, 0.2) is 127 Å². The van der Waals surface area contributed by atoms with Crippen LogP contribution in [0.1, 0.15) is 22.8 Å². The quantitative estimate of drug-likeness (QED) is 0.0251. The summed E-state index contributed by atoms with van der Waals surface area (Å²) < 4.78 is 52.8. The number of aromatic nitrogens is 4. The van der Waals surface area contributed by atoms with Gasteiger partial charge in [-0.05, 0) is 107 Å². The molecule has 5 aliphatic heterocycles. The summed E-state index contributed by atoms with van der Waals surface area (Å²) in [5, 5.41) is 121. The zero-order valence-electron chi connectivity index (χ0n) is 55.4. The molecule has 0 saturated carbocycles. The molecule has 0 radical (unpaired) electrons. The number of hydrogen-bond donors (Lipinski definition) is 14. The van der Waals surface area contributed by atoms with E-state index in [2.05, 4.69) is 34.2 Å². The Kier molecular flexibility index (Phi) is 26.3. The maximum absolute atomic E-state index is 10.4. The maximum atomic E-state index is 10.4. The van der Waals surface area contributed by atoms with Gasteiger partial charge in [-0.15, -0.1) is 35.3 Å². The first-order valence-corrected chi connectivity index (χ1v) is 36.8. The third-order valence-electron chi connectivity index (χ3n) is 17.8. The Morgan fingerprint density at radius 3 is 0.863 bits per heavy atom. The molecule has 28 heteroatoms. The second kappa shape index (κ2) is 35.8. The number of nitrogens with one attached hydrogen (secondary N) is 2. The minimum atomic E-state index is -1.45. The topological polar surface area (TPSA) is 383 Å². The minimum Gasteiger partial charge on any atom is -0.491 e. The average Bonchev–Trinajstić information content (AvgIpc) is 1.62. The summed E-state index contributed by atoms with van der Waals surface area (Å²) in [5.41, 5.74) is 10.2. The van der Waals surface area contributed by atoms with Gasteiger partial charge in [-0.1, -0.05) is 66.7 Å². The maximum Gasteiger partial charge on any atom is 0.132 e. The van der Waals surface area contributed by atoms with Gasteiger partial charge in [-0.2, -0.15) is 0 Å². The lowest BCUT2D eigenvalue weighted by atomic mass is 10.0. The fraction of sp³-hybridized carbons (Fsp3) is 0.405. The zero-order chi connectivity index (χ0) is 71.2. The van der Waals surface area contributed by atoms with E-state index in [0.29, 0.717) is 64.8 Å². The number of ether oxygens (including phenoxy) is 9. The SMILES string of the molecule is OCC1OC(SCCOCCOc2ccc(-c3c4nc(c(-c5ccc(OCCOCCSC6OC(CO)C(O)C(O)C6O)cc5)c5ccc([nH]5)c(-c5ccc(OCCOCCSC6OC(CO)C(O)C(O)C6O)cc5)c5nc(c(-c6ccccc6)c6ccc3[nH]6)C=C5)C=C4)cc2)C(O)C(O)C1O. The number of fused-ring (bicyclic) bond motifs is 8. The fourth-order valence-corrected chi connectivity index (χ4v) is 15.5. The van der Waals surface area contributed by atoms with Crippen LogP contribution in [-0.4, -0.2) is 267 Å². The molecule has 12 rings (SSSR count). The largest absolute Gasteiger partial charge is 0.491 e. The van der Waals surface area contributed by atoms with Crippen LogP contribution in [0.25, 0.3) is 90.9 Å². The molecule has 15 unspecified atom stereocenters. The third kappa shape index (κ3) is 17.8. The Morgan fingerprint density at radius 2 is 0.588 bits per heavy atom. The standard InChI is InChI=1S/C74H84N4O21S3/c79-38-56-63(82)66(85)69(88)72(97-56)100-35-32-91-26-29-94-45-12-6-42(7-13-45)60-50-20-18-48(75-50)59(41-4-2-1-3-5-41)49-19-21-51(76-49)61(43-8-14-46(15-9-43)95-30-27-92-33-36-101-73-70(89)67(86)64(83)57(39-80)98-73)53-23-25-55(78-53)62(54-24-22-52(60)77-54)44-10-16-47(17-11-44)96-31-28-93-34-37-102-74-71(90)68(87)65(84)58(40-81)99-74/h1-25,56-58,63-75,78-90H,26-40H2. The van der Waals surface area contributed by atoms with E-state index in [1.54, 1.807) is 0 Å². The summed E-state index contributed by atoms with van der Waals surface area (Å²) in [6, 6.07) is 41.6. The number of aromatic amines is 2. The summed E-state index contributed by atoms with van der Waals surface area (Å²) in [7, 11) is 0. The van der Waals surface area contributed by atoms with Crippen molar-refractivity contribution in [2.75, 3.05) is 96.5 Å². The van der Waals surface area contributed by atoms with Gasteiger partial charge in [0.1, 0.15) is 127 Å². The molecule has 0 amide bonds. The highest BCUT2D eigenvalue weighted by Gasteiger charge is 2.46. The number of benzene rings is 4. The fourth-order valence-electron chi connectivity index (χ4n) is 12.4. The molecular weight excluding hydrogens is 1380 g/mol. The van der Waals surface area contributed by atoms with Crippen molar-refractivity contribution in [3.8, 4) is 61.8 Å². The van der Waals surface area contributed by atoms with Crippen LogP contribution in [0, 0.1) is 0 Å². The van der Waals surface area contributed by atoms with Gasteiger partial charge in [-0.25, -0.2) is 9.97 Å². The molecule has 544 valence electrons. The normalized spacial score (nSPS) is 25.6. The Bertz CT molecular complexity index is 4000. The highest BCUT2D eigenvalue weighted by Crippen LogP contribution is 2.41. The van der Waals surface area contributed by atoms with Crippen LogP contribution in [0.3, 0.4) is 0 Å². The summed E-state index contributed by atoms with van der Waals surface area (Å²) in [6.07, 6.45) is -7.51. The number of aliphatic hydroxyl groups is 12. The smallest absolute Gasteiger partial charge is 0.132 e. The van der Waals surface area contributed by atoms with Crippen molar-refractivity contribution in [3.05, 3.63) is 150 Å².